The number of hydrogen-bond acceptors (Lipinski definition) is 3. The van der Waals surface area contributed by atoms with Gasteiger partial charge in [-0.25, -0.2) is 4.39 Å². The van der Waals surface area contributed by atoms with Crippen LogP contribution < -0.4 is 10.3 Å². The first-order valence-electron chi connectivity index (χ1n) is 9.36. The van der Waals surface area contributed by atoms with Gasteiger partial charge >= 0.3 is 0 Å². The molecule has 4 rings (SSSR count). The van der Waals surface area contributed by atoms with E-state index in [2.05, 4.69) is 6.07 Å². The van der Waals surface area contributed by atoms with Crippen LogP contribution in [0.3, 0.4) is 0 Å². The van der Waals surface area contributed by atoms with Crippen molar-refractivity contribution in [3.63, 3.8) is 0 Å². The number of pyridine rings is 1. The smallest absolute Gasteiger partial charge is 0.259 e. The lowest BCUT2D eigenvalue weighted by Crippen LogP contribution is -2.27. The fraction of sp³-hybridized carbons (Fsp3) is 0.167. The van der Waals surface area contributed by atoms with Crippen molar-refractivity contribution < 1.29 is 9.13 Å². The quantitative estimate of drug-likeness (QED) is 0.646. The second kappa shape index (κ2) is 7.76. The van der Waals surface area contributed by atoms with E-state index in [1.807, 2.05) is 24.3 Å². The molecular weight excluding hydrogens is 367 g/mol. The number of fused-ring (bicyclic) bond motifs is 1. The van der Waals surface area contributed by atoms with Crippen molar-refractivity contribution >= 4 is 10.8 Å². The van der Waals surface area contributed by atoms with Crippen LogP contribution in [0.1, 0.15) is 12.1 Å². The van der Waals surface area contributed by atoms with Gasteiger partial charge in [0, 0.05) is 22.9 Å². The van der Waals surface area contributed by atoms with Crippen molar-refractivity contribution in [2.45, 2.75) is 13.0 Å². The monoisotopic (exact) mass is 386 g/mol. The number of nitriles is 1. The molecule has 0 saturated carbocycles. The molecule has 0 saturated heterocycles. The summed E-state index contributed by atoms with van der Waals surface area (Å²) in [6, 6.07) is 13.4. The van der Waals surface area contributed by atoms with Crippen LogP contribution in [0, 0.1) is 23.1 Å². The van der Waals surface area contributed by atoms with Gasteiger partial charge < -0.3 is 4.74 Å². The molecule has 29 heavy (non-hydrogen) atoms. The summed E-state index contributed by atoms with van der Waals surface area (Å²) < 4.78 is 20.8. The Labute approximate surface area is 167 Å². The van der Waals surface area contributed by atoms with Crippen LogP contribution in [0.4, 0.5) is 4.39 Å². The minimum Gasteiger partial charge on any atom is -0.497 e. The highest BCUT2D eigenvalue weighted by Crippen LogP contribution is 2.33. The van der Waals surface area contributed by atoms with Gasteiger partial charge in [-0.15, -0.1) is 0 Å². The standard InChI is InChI=1S/C24H19FN2O2/c1-29-19-10-11-20-21(13-19)23(17-8-5-9-18(25)12-17)22(14-26)27(24(20)28)15-16-6-3-2-4-7-16/h2-6,8-13,16H,7,15H2,1H3. The van der Waals surface area contributed by atoms with Gasteiger partial charge in [0.25, 0.3) is 5.56 Å². The fourth-order valence-corrected chi connectivity index (χ4v) is 3.78. The first-order chi connectivity index (χ1) is 14.1. The third-order valence-electron chi connectivity index (χ3n) is 5.18. The van der Waals surface area contributed by atoms with E-state index in [1.54, 1.807) is 37.4 Å². The molecule has 144 valence electrons. The topological polar surface area (TPSA) is 55.0 Å². The van der Waals surface area contributed by atoms with Crippen molar-refractivity contribution in [3.05, 3.63) is 88.6 Å². The zero-order valence-electron chi connectivity index (χ0n) is 15.9. The van der Waals surface area contributed by atoms with Gasteiger partial charge in [-0.05, 0) is 48.2 Å². The average molecular weight is 386 g/mol. The Hall–Kier alpha value is -3.65. The van der Waals surface area contributed by atoms with Crippen LogP contribution in [0.5, 0.6) is 5.75 Å². The molecule has 0 fully saturated rings. The predicted molar refractivity (Wildman–Crippen MR) is 111 cm³/mol. The molecule has 1 atom stereocenters. The first kappa shape index (κ1) is 18.7. The van der Waals surface area contributed by atoms with Gasteiger partial charge in [-0.3, -0.25) is 9.36 Å². The summed E-state index contributed by atoms with van der Waals surface area (Å²) in [5.74, 6) is 0.276. The largest absolute Gasteiger partial charge is 0.497 e. The number of aromatic nitrogens is 1. The van der Waals surface area contributed by atoms with E-state index in [4.69, 9.17) is 4.74 Å². The fourth-order valence-electron chi connectivity index (χ4n) is 3.78. The Bertz CT molecular complexity index is 1250. The highest BCUT2D eigenvalue weighted by molar-refractivity contribution is 5.99. The minimum atomic E-state index is -0.402. The highest BCUT2D eigenvalue weighted by Gasteiger charge is 2.21. The molecule has 0 spiro atoms. The normalized spacial score (nSPS) is 15.4. The SMILES string of the molecule is COc1ccc2c(=O)n(CC3C=CC=CC3)c(C#N)c(-c3cccc(F)c3)c2c1. The molecular formula is C24H19FN2O2. The molecule has 0 amide bonds. The van der Waals surface area contributed by atoms with Crippen molar-refractivity contribution in [2.75, 3.05) is 7.11 Å². The number of benzene rings is 2. The number of allylic oxidation sites excluding steroid dienone is 4. The molecule has 1 aromatic heterocycles. The van der Waals surface area contributed by atoms with Crippen LogP contribution in [0.25, 0.3) is 21.9 Å². The molecule has 5 heteroatoms. The van der Waals surface area contributed by atoms with Gasteiger partial charge in [0.15, 0.2) is 0 Å². The third-order valence-corrected chi connectivity index (χ3v) is 5.18. The molecule has 0 aliphatic heterocycles. The Morgan fingerprint density at radius 3 is 2.76 bits per heavy atom. The maximum absolute atomic E-state index is 14.0. The van der Waals surface area contributed by atoms with Crippen LogP contribution in [-0.4, -0.2) is 11.7 Å². The van der Waals surface area contributed by atoms with Gasteiger partial charge in [0.2, 0.25) is 0 Å². The van der Waals surface area contributed by atoms with Gasteiger partial charge in [0.05, 0.1) is 7.11 Å². The number of rotatable bonds is 4. The summed E-state index contributed by atoms with van der Waals surface area (Å²) >= 11 is 0. The van der Waals surface area contributed by atoms with Crippen molar-refractivity contribution in [2.24, 2.45) is 5.92 Å². The number of hydrogen-bond donors (Lipinski definition) is 0. The Morgan fingerprint density at radius 1 is 1.21 bits per heavy atom. The van der Waals surface area contributed by atoms with Crippen molar-refractivity contribution in [3.8, 4) is 22.9 Å². The second-order valence-electron chi connectivity index (χ2n) is 6.98. The van der Waals surface area contributed by atoms with E-state index in [0.29, 0.717) is 34.2 Å². The van der Waals surface area contributed by atoms with Crippen LogP contribution in [-0.2, 0) is 6.54 Å². The maximum atomic E-state index is 14.0. The van der Waals surface area contributed by atoms with E-state index in [9.17, 15) is 14.4 Å². The number of methoxy groups -OCH3 is 1. The molecule has 0 radical (unpaired) electrons. The molecule has 3 aromatic rings. The van der Waals surface area contributed by atoms with E-state index >= 15 is 0 Å². The van der Waals surface area contributed by atoms with Crippen molar-refractivity contribution in [1.29, 1.82) is 5.26 Å². The lowest BCUT2D eigenvalue weighted by molar-refractivity contribution is 0.415. The molecule has 4 nitrogen and oxygen atoms in total. The lowest BCUT2D eigenvalue weighted by atomic mass is 9.95. The zero-order valence-corrected chi connectivity index (χ0v) is 15.9. The minimum absolute atomic E-state index is 0.112. The average Bonchev–Trinajstić information content (AvgIpc) is 2.75. The first-order valence-corrected chi connectivity index (χ1v) is 9.36. The molecule has 1 unspecified atom stereocenters. The number of halogens is 1. The second-order valence-corrected chi connectivity index (χ2v) is 6.98. The van der Waals surface area contributed by atoms with E-state index in [1.165, 1.54) is 16.7 Å². The summed E-state index contributed by atoms with van der Waals surface area (Å²) in [6.45, 7) is 0.382. The van der Waals surface area contributed by atoms with Gasteiger partial charge in [-0.2, -0.15) is 5.26 Å². The summed E-state index contributed by atoms with van der Waals surface area (Å²) in [7, 11) is 1.54. The van der Waals surface area contributed by atoms with E-state index in [0.717, 1.165) is 6.42 Å². The van der Waals surface area contributed by atoms with Crippen LogP contribution in [0.15, 0.2) is 71.6 Å². The van der Waals surface area contributed by atoms with Gasteiger partial charge in [-0.1, -0.05) is 36.4 Å². The van der Waals surface area contributed by atoms with Crippen LogP contribution in [0.2, 0.25) is 0 Å². The summed E-state index contributed by atoms with van der Waals surface area (Å²) in [4.78, 5) is 13.3. The molecule has 1 heterocycles. The van der Waals surface area contributed by atoms with Gasteiger partial charge in [0.1, 0.15) is 23.3 Å². The maximum Gasteiger partial charge on any atom is 0.259 e. The zero-order chi connectivity index (χ0) is 20.4. The Morgan fingerprint density at radius 2 is 2.07 bits per heavy atom. The number of nitrogens with zero attached hydrogens (tertiary/aromatic N) is 2. The Balaban J connectivity index is 2.05. The Kier molecular flexibility index (Phi) is 5.01. The van der Waals surface area contributed by atoms with Crippen molar-refractivity contribution in [1.82, 2.24) is 4.57 Å². The molecule has 0 bridgehead atoms. The van der Waals surface area contributed by atoms with Crippen LogP contribution >= 0.6 is 0 Å². The molecule has 0 N–H and O–H groups in total. The lowest BCUT2D eigenvalue weighted by Gasteiger charge is -2.20. The predicted octanol–water partition coefficient (Wildman–Crippen LogP) is 4.82. The summed E-state index contributed by atoms with van der Waals surface area (Å²) in [5, 5.41) is 11.1. The summed E-state index contributed by atoms with van der Waals surface area (Å²) in [5.41, 5.74) is 1.08. The van der Waals surface area contributed by atoms with E-state index in [-0.39, 0.29) is 17.2 Å². The molecule has 1 aliphatic carbocycles. The third kappa shape index (κ3) is 3.45. The molecule has 2 aromatic carbocycles. The van der Waals surface area contributed by atoms with E-state index < -0.39 is 5.82 Å². The number of ether oxygens (including phenoxy) is 1. The summed E-state index contributed by atoms with van der Waals surface area (Å²) in [6.07, 6.45) is 8.79. The molecule has 1 aliphatic rings. The highest BCUT2D eigenvalue weighted by atomic mass is 19.1.